The minimum Gasteiger partial charge on any atom is -0.456 e. The fraction of sp³-hybridized carbons (Fsp3) is 0.350. The van der Waals surface area contributed by atoms with Gasteiger partial charge in [-0.1, -0.05) is 11.6 Å². The van der Waals surface area contributed by atoms with Crippen LogP contribution in [0.5, 0.6) is 0 Å². The van der Waals surface area contributed by atoms with E-state index in [1.54, 1.807) is 39.0 Å². The number of benzene rings is 1. The molecule has 0 radical (unpaired) electrons. The summed E-state index contributed by atoms with van der Waals surface area (Å²) in [5.41, 5.74) is 12.4. The van der Waals surface area contributed by atoms with Crippen LogP contribution in [-0.2, 0) is 17.8 Å². The maximum absolute atomic E-state index is 12.5. The zero-order chi connectivity index (χ0) is 22.9. The molecule has 1 aromatic carbocycles. The van der Waals surface area contributed by atoms with Gasteiger partial charge in [0.05, 0.1) is 23.1 Å². The number of carbonyl (C=O) groups is 2. The SMILES string of the molecule is CCn1c(CNC(=O)c2nc(Cl)c(N)nc2N)nc2cc(C(=O)OC(C)(C)C)ccc21. The van der Waals surface area contributed by atoms with Gasteiger partial charge in [-0.3, -0.25) is 4.79 Å². The number of nitrogens with zero attached hydrogens (tertiary/aromatic N) is 4. The molecule has 0 atom stereocenters. The van der Waals surface area contributed by atoms with E-state index in [9.17, 15) is 9.59 Å². The van der Waals surface area contributed by atoms with Crippen LogP contribution in [-0.4, -0.2) is 37.0 Å². The summed E-state index contributed by atoms with van der Waals surface area (Å²) in [5.74, 6) is -0.560. The number of imidazole rings is 1. The van der Waals surface area contributed by atoms with Crippen LogP contribution < -0.4 is 16.8 Å². The summed E-state index contributed by atoms with van der Waals surface area (Å²) < 4.78 is 7.35. The lowest BCUT2D eigenvalue weighted by Gasteiger charge is -2.19. The molecule has 0 saturated carbocycles. The van der Waals surface area contributed by atoms with E-state index in [0.29, 0.717) is 23.4 Å². The number of hydrogen-bond acceptors (Lipinski definition) is 8. The molecule has 10 nitrogen and oxygen atoms in total. The van der Waals surface area contributed by atoms with E-state index >= 15 is 0 Å². The van der Waals surface area contributed by atoms with Crippen LogP contribution in [0.4, 0.5) is 11.6 Å². The fourth-order valence-corrected chi connectivity index (χ4v) is 3.11. The summed E-state index contributed by atoms with van der Waals surface area (Å²) in [5, 5.41) is 2.61. The molecule has 0 spiro atoms. The highest BCUT2D eigenvalue weighted by atomic mass is 35.5. The van der Waals surface area contributed by atoms with E-state index in [0.717, 1.165) is 5.52 Å². The van der Waals surface area contributed by atoms with E-state index in [2.05, 4.69) is 20.3 Å². The third-order valence-electron chi connectivity index (χ3n) is 4.31. The standard InChI is InChI=1S/C20H24ClN7O3/c1-5-28-12-7-6-10(19(30)31-20(2,3)4)8-11(12)25-13(28)9-24-18(29)14-16(22)27-17(23)15(21)26-14/h6-8H,5,9H2,1-4H3,(H,24,29)(H4,22,23,27). The number of esters is 1. The molecule has 0 aliphatic rings. The van der Waals surface area contributed by atoms with Crippen LogP contribution in [0.25, 0.3) is 11.0 Å². The predicted octanol–water partition coefficient (Wildman–Crippen LogP) is 2.55. The van der Waals surface area contributed by atoms with E-state index in [4.69, 9.17) is 27.8 Å². The molecule has 2 heterocycles. The summed E-state index contributed by atoms with van der Waals surface area (Å²) in [4.78, 5) is 37.1. The third-order valence-corrected chi connectivity index (χ3v) is 4.58. The van der Waals surface area contributed by atoms with Gasteiger partial charge in [-0.15, -0.1) is 0 Å². The summed E-state index contributed by atoms with van der Waals surface area (Å²) in [6.07, 6.45) is 0. The molecule has 5 N–H and O–H groups in total. The van der Waals surface area contributed by atoms with E-state index in [1.807, 2.05) is 11.5 Å². The second kappa shape index (κ2) is 8.38. The first-order chi connectivity index (χ1) is 14.5. The molecule has 3 rings (SSSR count). The Balaban J connectivity index is 1.84. The van der Waals surface area contributed by atoms with Crippen molar-refractivity contribution >= 4 is 46.1 Å². The fourth-order valence-electron chi connectivity index (χ4n) is 2.98. The van der Waals surface area contributed by atoms with Gasteiger partial charge in [-0.05, 0) is 45.9 Å². The molecule has 0 bridgehead atoms. The molecule has 2 aromatic heterocycles. The van der Waals surface area contributed by atoms with Crippen molar-refractivity contribution in [1.82, 2.24) is 24.8 Å². The molecule has 1 amide bonds. The Morgan fingerprint density at radius 2 is 1.87 bits per heavy atom. The number of ether oxygens (including phenoxy) is 1. The number of halogens is 1. The van der Waals surface area contributed by atoms with Gasteiger partial charge in [-0.25, -0.2) is 19.7 Å². The van der Waals surface area contributed by atoms with Crippen molar-refractivity contribution in [2.75, 3.05) is 11.5 Å². The van der Waals surface area contributed by atoms with Gasteiger partial charge in [0.15, 0.2) is 22.5 Å². The lowest BCUT2D eigenvalue weighted by Crippen LogP contribution is -2.27. The first-order valence-corrected chi connectivity index (χ1v) is 9.97. The maximum atomic E-state index is 12.5. The normalized spacial score (nSPS) is 11.5. The number of aromatic nitrogens is 4. The van der Waals surface area contributed by atoms with Gasteiger partial charge in [0.2, 0.25) is 0 Å². The van der Waals surface area contributed by atoms with Gasteiger partial charge in [0.1, 0.15) is 11.4 Å². The van der Waals surface area contributed by atoms with Gasteiger partial charge in [0.25, 0.3) is 5.91 Å². The first-order valence-electron chi connectivity index (χ1n) is 9.59. The highest BCUT2D eigenvalue weighted by Gasteiger charge is 2.20. The third kappa shape index (κ3) is 4.85. The van der Waals surface area contributed by atoms with Crippen LogP contribution in [0.15, 0.2) is 18.2 Å². The largest absolute Gasteiger partial charge is 0.456 e. The Hall–Kier alpha value is -3.40. The van der Waals surface area contributed by atoms with E-state index in [-0.39, 0.29) is 29.0 Å². The van der Waals surface area contributed by atoms with Crippen LogP contribution in [0, 0.1) is 0 Å². The summed E-state index contributed by atoms with van der Waals surface area (Å²) in [6, 6.07) is 5.17. The molecule has 0 fully saturated rings. The van der Waals surface area contributed by atoms with Crippen LogP contribution in [0.3, 0.4) is 0 Å². The van der Waals surface area contributed by atoms with Crippen molar-refractivity contribution in [1.29, 1.82) is 0 Å². The average molecular weight is 446 g/mol. The molecular formula is C20H24ClN7O3. The number of carbonyl (C=O) groups excluding carboxylic acids is 2. The number of nitrogens with two attached hydrogens (primary N) is 2. The minimum atomic E-state index is -0.597. The second-order valence-electron chi connectivity index (χ2n) is 7.79. The topological polar surface area (TPSA) is 151 Å². The number of nitrogens with one attached hydrogen (secondary N) is 1. The highest BCUT2D eigenvalue weighted by molar-refractivity contribution is 6.31. The molecule has 0 saturated heterocycles. The number of rotatable bonds is 5. The summed E-state index contributed by atoms with van der Waals surface area (Å²) in [6.45, 7) is 8.09. The van der Waals surface area contributed by atoms with Crippen molar-refractivity contribution in [3.8, 4) is 0 Å². The number of amides is 1. The number of nitrogen functional groups attached to an aromatic ring is 2. The molecule has 164 valence electrons. The van der Waals surface area contributed by atoms with Gasteiger partial charge in [0, 0.05) is 6.54 Å². The number of fused-ring (bicyclic) bond motifs is 1. The lowest BCUT2D eigenvalue weighted by molar-refractivity contribution is 0.00695. The molecule has 0 unspecified atom stereocenters. The highest BCUT2D eigenvalue weighted by Crippen LogP contribution is 2.21. The van der Waals surface area contributed by atoms with Crippen molar-refractivity contribution in [3.05, 3.63) is 40.4 Å². The zero-order valence-corrected chi connectivity index (χ0v) is 18.4. The number of anilines is 2. The van der Waals surface area contributed by atoms with Crippen molar-refractivity contribution in [2.45, 2.75) is 46.4 Å². The van der Waals surface area contributed by atoms with Gasteiger partial charge >= 0.3 is 5.97 Å². The maximum Gasteiger partial charge on any atom is 0.338 e. The first kappa shape index (κ1) is 22.3. The Morgan fingerprint density at radius 3 is 2.52 bits per heavy atom. The van der Waals surface area contributed by atoms with Crippen LogP contribution in [0.1, 0.15) is 54.4 Å². The average Bonchev–Trinajstić information content (AvgIpc) is 3.04. The Morgan fingerprint density at radius 1 is 1.16 bits per heavy atom. The number of aryl methyl sites for hydroxylation is 1. The summed E-state index contributed by atoms with van der Waals surface area (Å²) >= 11 is 5.84. The van der Waals surface area contributed by atoms with Gasteiger partial charge < -0.3 is 26.1 Å². The Bertz CT molecular complexity index is 1170. The van der Waals surface area contributed by atoms with Crippen molar-refractivity contribution in [2.24, 2.45) is 0 Å². The van der Waals surface area contributed by atoms with E-state index < -0.39 is 17.5 Å². The Labute approximate surface area is 184 Å². The molecule has 11 heteroatoms. The molecular weight excluding hydrogens is 422 g/mol. The van der Waals surface area contributed by atoms with Gasteiger partial charge in [-0.2, -0.15) is 0 Å². The second-order valence-corrected chi connectivity index (χ2v) is 8.15. The predicted molar refractivity (Wildman–Crippen MR) is 118 cm³/mol. The van der Waals surface area contributed by atoms with Crippen LogP contribution >= 0.6 is 11.6 Å². The quantitative estimate of drug-likeness (QED) is 0.506. The molecule has 3 aromatic rings. The van der Waals surface area contributed by atoms with Crippen molar-refractivity contribution < 1.29 is 14.3 Å². The van der Waals surface area contributed by atoms with Crippen molar-refractivity contribution in [3.63, 3.8) is 0 Å². The molecule has 0 aliphatic carbocycles. The molecule has 31 heavy (non-hydrogen) atoms. The summed E-state index contributed by atoms with van der Waals surface area (Å²) in [7, 11) is 0. The van der Waals surface area contributed by atoms with Crippen LogP contribution in [0.2, 0.25) is 5.15 Å². The van der Waals surface area contributed by atoms with E-state index in [1.165, 1.54) is 0 Å². The monoisotopic (exact) mass is 445 g/mol. The minimum absolute atomic E-state index is 0.0516. The number of hydrogen-bond donors (Lipinski definition) is 3. The Kier molecular flexibility index (Phi) is 6.03. The smallest absolute Gasteiger partial charge is 0.338 e. The molecule has 0 aliphatic heterocycles. The zero-order valence-electron chi connectivity index (χ0n) is 17.7. The lowest BCUT2D eigenvalue weighted by atomic mass is 10.1.